The highest BCUT2D eigenvalue weighted by Gasteiger charge is 2.10. The van der Waals surface area contributed by atoms with Gasteiger partial charge in [-0.1, -0.05) is 13.8 Å². The Balaban J connectivity index is 2.27. The van der Waals surface area contributed by atoms with Crippen LogP contribution in [0.4, 0.5) is 0 Å². The van der Waals surface area contributed by atoms with E-state index in [0.29, 0.717) is 25.6 Å². The third-order valence-electron chi connectivity index (χ3n) is 2.40. The Morgan fingerprint density at radius 2 is 2.11 bits per heavy atom. The molecule has 18 heavy (non-hydrogen) atoms. The van der Waals surface area contributed by atoms with Crippen molar-refractivity contribution < 1.29 is 8.42 Å². The molecule has 8 heteroatoms. The van der Waals surface area contributed by atoms with Gasteiger partial charge >= 0.3 is 0 Å². The summed E-state index contributed by atoms with van der Waals surface area (Å²) in [6.45, 7) is 4.76. The molecule has 0 saturated heterocycles. The summed E-state index contributed by atoms with van der Waals surface area (Å²) in [6, 6.07) is 0.291. The van der Waals surface area contributed by atoms with Crippen LogP contribution in [0.5, 0.6) is 0 Å². The Morgan fingerprint density at radius 1 is 1.39 bits per heavy atom. The molecule has 0 aromatic carbocycles. The van der Waals surface area contributed by atoms with Crippen molar-refractivity contribution in [3.05, 3.63) is 12.2 Å². The number of sulfonamides is 1. The number of hydrogen-bond donors (Lipinski definition) is 2. The first-order chi connectivity index (χ1) is 8.41. The zero-order chi connectivity index (χ0) is 13.6. The second kappa shape index (κ2) is 6.81. The van der Waals surface area contributed by atoms with Crippen LogP contribution in [0.2, 0.25) is 0 Å². The average Bonchev–Trinajstić information content (AvgIpc) is 2.63. The molecule has 0 saturated carbocycles. The van der Waals surface area contributed by atoms with Gasteiger partial charge in [-0.05, 0) is 0 Å². The van der Waals surface area contributed by atoms with Gasteiger partial charge in [0.1, 0.15) is 12.2 Å². The molecule has 1 rings (SSSR count). The van der Waals surface area contributed by atoms with Crippen LogP contribution in [0.25, 0.3) is 0 Å². The molecule has 0 amide bonds. The molecule has 7 nitrogen and oxygen atoms in total. The van der Waals surface area contributed by atoms with Crippen LogP contribution in [0, 0.1) is 0 Å². The predicted molar refractivity (Wildman–Crippen MR) is 69.6 cm³/mol. The maximum atomic E-state index is 11.6. The monoisotopic (exact) mass is 275 g/mol. The van der Waals surface area contributed by atoms with Gasteiger partial charge in [-0.3, -0.25) is 0 Å². The van der Waals surface area contributed by atoms with E-state index in [4.69, 9.17) is 0 Å². The highest BCUT2D eigenvalue weighted by Crippen LogP contribution is 1.92. The van der Waals surface area contributed by atoms with Gasteiger partial charge < -0.3 is 9.88 Å². The van der Waals surface area contributed by atoms with Crippen LogP contribution >= 0.6 is 0 Å². The van der Waals surface area contributed by atoms with E-state index in [9.17, 15) is 8.42 Å². The Morgan fingerprint density at radius 3 is 2.67 bits per heavy atom. The lowest BCUT2D eigenvalue weighted by molar-refractivity contribution is 0.566. The molecule has 0 aliphatic carbocycles. The van der Waals surface area contributed by atoms with Crippen LogP contribution in [-0.2, 0) is 23.5 Å². The molecule has 0 aliphatic rings. The van der Waals surface area contributed by atoms with E-state index in [1.807, 2.05) is 20.9 Å². The third-order valence-corrected chi connectivity index (χ3v) is 3.78. The Labute approximate surface area is 108 Å². The van der Waals surface area contributed by atoms with Gasteiger partial charge in [0.15, 0.2) is 0 Å². The molecule has 1 heterocycles. The van der Waals surface area contributed by atoms with E-state index < -0.39 is 10.0 Å². The fraction of sp³-hybridized carbons (Fsp3) is 0.800. The first-order valence-electron chi connectivity index (χ1n) is 5.94. The second-order valence-corrected chi connectivity index (χ2v) is 6.36. The van der Waals surface area contributed by atoms with Gasteiger partial charge in [-0.2, -0.15) is 0 Å². The number of aryl methyl sites for hydroxylation is 1. The molecule has 0 radical (unpaired) electrons. The minimum absolute atomic E-state index is 0.0873. The van der Waals surface area contributed by atoms with Gasteiger partial charge in [-0.15, -0.1) is 10.2 Å². The van der Waals surface area contributed by atoms with E-state index in [0.717, 1.165) is 5.82 Å². The summed E-state index contributed by atoms with van der Waals surface area (Å²) in [5.41, 5.74) is 0. The van der Waals surface area contributed by atoms with Crippen LogP contribution < -0.4 is 10.0 Å². The summed E-state index contributed by atoms with van der Waals surface area (Å²) in [4.78, 5) is 0. The minimum Gasteiger partial charge on any atom is -0.321 e. The fourth-order valence-electron chi connectivity index (χ4n) is 1.41. The zero-order valence-electron chi connectivity index (χ0n) is 11.0. The Bertz CT molecular complexity index is 455. The standard InChI is InChI=1S/C10H21N5O2S/c1-9(2)11-6-7-18(16,17)13-5-4-10-14-12-8-15(10)3/h8-9,11,13H,4-7H2,1-3H3. The number of aromatic nitrogens is 3. The van der Waals surface area contributed by atoms with Gasteiger partial charge in [0.25, 0.3) is 0 Å². The van der Waals surface area contributed by atoms with Crippen molar-refractivity contribution in [3.63, 3.8) is 0 Å². The number of nitrogens with zero attached hydrogens (tertiary/aromatic N) is 3. The van der Waals surface area contributed by atoms with Crippen molar-refractivity contribution in [2.45, 2.75) is 26.3 Å². The summed E-state index contributed by atoms with van der Waals surface area (Å²) in [6.07, 6.45) is 2.13. The van der Waals surface area contributed by atoms with Crippen molar-refractivity contribution in [2.75, 3.05) is 18.8 Å². The quantitative estimate of drug-likeness (QED) is 0.653. The number of rotatable bonds is 8. The maximum absolute atomic E-state index is 11.6. The van der Waals surface area contributed by atoms with Crippen LogP contribution in [0.3, 0.4) is 0 Å². The van der Waals surface area contributed by atoms with Crippen LogP contribution in [0.15, 0.2) is 6.33 Å². The summed E-state index contributed by atoms with van der Waals surface area (Å²) >= 11 is 0. The van der Waals surface area contributed by atoms with Crippen LogP contribution in [-0.4, -0.2) is 48.1 Å². The van der Waals surface area contributed by atoms with Crippen molar-refractivity contribution >= 4 is 10.0 Å². The molecule has 0 spiro atoms. The molecule has 0 aliphatic heterocycles. The van der Waals surface area contributed by atoms with Crippen molar-refractivity contribution in [2.24, 2.45) is 7.05 Å². The van der Waals surface area contributed by atoms with Gasteiger partial charge in [0, 0.05) is 32.6 Å². The van der Waals surface area contributed by atoms with E-state index >= 15 is 0 Å². The maximum Gasteiger partial charge on any atom is 0.212 e. The van der Waals surface area contributed by atoms with Crippen molar-refractivity contribution in [1.82, 2.24) is 24.8 Å². The van der Waals surface area contributed by atoms with Crippen LogP contribution in [0.1, 0.15) is 19.7 Å². The van der Waals surface area contributed by atoms with E-state index in [1.54, 1.807) is 10.9 Å². The number of nitrogens with one attached hydrogen (secondary N) is 2. The van der Waals surface area contributed by atoms with Gasteiger partial charge in [-0.25, -0.2) is 13.1 Å². The highest BCUT2D eigenvalue weighted by molar-refractivity contribution is 7.89. The minimum atomic E-state index is -3.21. The lowest BCUT2D eigenvalue weighted by atomic mass is 10.4. The highest BCUT2D eigenvalue weighted by atomic mass is 32.2. The lowest BCUT2D eigenvalue weighted by Gasteiger charge is -2.09. The van der Waals surface area contributed by atoms with Crippen molar-refractivity contribution in [1.29, 1.82) is 0 Å². The average molecular weight is 275 g/mol. The van der Waals surface area contributed by atoms with Crippen molar-refractivity contribution in [3.8, 4) is 0 Å². The van der Waals surface area contributed by atoms with Gasteiger partial charge in [0.05, 0.1) is 5.75 Å². The third kappa shape index (κ3) is 5.56. The first-order valence-corrected chi connectivity index (χ1v) is 7.59. The summed E-state index contributed by atoms with van der Waals surface area (Å²) < 4.78 is 27.6. The topological polar surface area (TPSA) is 88.9 Å². The molecule has 104 valence electrons. The predicted octanol–water partition coefficient (Wildman–Crippen LogP) is -0.725. The summed E-state index contributed by atoms with van der Waals surface area (Å²) in [5, 5.41) is 10.7. The molecular weight excluding hydrogens is 254 g/mol. The van der Waals surface area contributed by atoms with Gasteiger partial charge in [0.2, 0.25) is 10.0 Å². The first kappa shape index (κ1) is 15.1. The second-order valence-electron chi connectivity index (χ2n) is 4.43. The lowest BCUT2D eigenvalue weighted by Crippen LogP contribution is -2.35. The van der Waals surface area contributed by atoms with E-state index in [1.165, 1.54) is 0 Å². The summed E-state index contributed by atoms with van der Waals surface area (Å²) in [5.74, 6) is 0.849. The van der Waals surface area contributed by atoms with E-state index in [2.05, 4.69) is 20.2 Å². The Hall–Kier alpha value is -0.990. The molecule has 1 aromatic heterocycles. The zero-order valence-corrected chi connectivity index (χ0v) is 11.9. The fourth-order valence-corrected chi connectivity index (χ4v) is 2.35. The molecule has 0 bridgehead atoms. The number of hydrogen-bond acceptors (Lipinski definition) is 5. The largest absolute Gasteiger partial charge is 0.321 e. The molecular formula is C10H21N5O2S. The Kier molecular flexibility index (Phi) is 5.70. The molecule has 2 N–H and O–H groups in total. The molecule has 0 unspecified atom stereocenters. The SMILES string of the molecule is CC(C)NCCS(=O)(=O)NCCc1nncn1C. The molecule has 0 atom stereocenters. The smallest absolute Gasteiger partial charge is 0.212 e. The molecule has 1 aromatic rings. The summed E-state index contributed by atoms with van der Waals surface area (Å²) in [7, 11) is -1.38. The normalized spacial score (nSPS) is 12.2. The van der Waals surface area contributed by atoms with E-state index in [-0.39, 0.29) is 5.75 Å². The molecule has 0 fully saturated rings.